The Morgan fingerprint density at radius 3 is 2.07 bits per heavy atom. The zero-order chi connectivity index (χ0) is 19.7. The van der Waals surface area contributed by atoms with E-state index in [9.17, 15) is 14.7 Å². The van der Waals surface area contributed by atoms with Crippen LogP contribution >= 0.6 is 11.6 Å². The number of benzene rings is 2. The number of aromatic hydroxyl groups is 1. The molecule has 0 unspecified atom stereocenters. The lowest BCUT2D eigenvalue weighted by Gasteiger charge is -2.13. The molecule has 2 aromatic heterocycles. The monoisotopic (exact) mass is 394 g/mol. The van der Waals surface area contributed by atoms with Gasteiger partial charge in [-0.3, -0.25) is 13.9 Å². The first kappa shape index (κ1) is 17.9. The summed E-state index contributed by atoms with van der Waals surface area (Å²) in [5.41, 5.74) is 0.908. The molecule has 2 heterocycles. The summed E-state index contributed by atoms with van der Waals surface area (Å²) in [4.78, 5) is 34.3. The first-order chi connectivity index (χ1) is 13.5. The molecule has 140 valence electrons. The SMILES string of the molecule is O=c1c2nccnc2n(Cc2ccc(O)cc2)c(=O)n1Cc1ccc(Cl)cc1. The average Bonchev–Trinajstić information content (AvgIpc) is 2.71. The molecule has 28 heavy (non-hydrogen) atoms. The highest BCUT2D eigenvalue weighted by atomic mass is 35.5. The molecule has 0 aliphatic heterocycles. The Morgan fingerprint density at radius 1 is 0.821 bits per heavy atom. The van der Waals surface area contributed by atoms with E-state index in [1.54, 1.807) is 36.4 Å². The standard InChI is InChI=1S/C20H15ClN4O3/c21-15-5-1-13(2-6-15)12-25-19(27)17-18(23-10-9-22-17)24(20(25)28)11-14-3-7-16(26)8-4-14/h1-10,26H,11-12H2. The lowest BCUT2D eigenvalue weighted by molar-refractivity contribution is 0.475. The van der Waals surface area contributed by atoms with E-state index in [0.717, 1.165) is 15.7 Å². The Balaban J connectivity index is 1.88. The van der Waals surface area contributed by atoms with Crippen molar-refractivity contribution in [1.82, 2.24) is 19.1 Å². The maximum Gasteiger partial charge on any atom is 0.333 e. The van der Waals surface area contributed by atoms with Crippen LogP contribution in [0.15, 0.2) is 70.5 Å². The smallest absolute Gasteiger partial charge is 0.333 e. The third-order valence-electron chi connectivity index (χ3n) is 4.38. The van der Waals surface area contributed by atoms with Crippen molar-refractivity contribution in [3.05, 3.63) is 97.9 Å². The van der Waals surface area contributed by atoms with E-state index in [4.69, 9.17) is 11.6 Å². The van der Waals surface area contributed by atoms with Gasteiger partial charge in [-0.25, -0.2) is 14.8 Å². The molecule has 0 aliphatic carbocycles. The van der Waals surface area contributed by atoms with Gasteiger partial charge in [0.15, 0.2) is 11.2 Å². The molecule has 0 fully saturated rings. The maximum absolute atomic E-state index is 13.1. The number of nitrogens with zero attached hydrogens (tertiary/aromatic N) is 4. The number of hydrogen-bond acceptors (Lipinski definition) is 5. The summed E-state index contributed by atoms with van der Waals surface area (Å²) in [5, 5.41) is 10.0. The molecule has 7 nitrogen and oxygen atoms in total. The second-order valence-electron chi connectivity index (χ2n) is 6.28. The van der Waals surface area contributed by atoms with Crippen LogP contribution in [-0.2, 0) is 13.1 Å². The number of phenols is 1. The Kier molecular flexibility index (Phi) is 4.67. The van der Waals surface area contributed by atoms with Crippen molar-refractivity contribution in [3.63, 3.8) is 0 Å². The fourth-order valence-corrected chi connectivity index (χ4v) is 3.09. The van der Waals surface area contributed by atoms with Gasteiger partial charge in [0.1, 0.15) is 5.75 Å². The fourth-order valence-electron chi connectivity index (χ4n) is 2.97. The molecule has 4 rings (SSSR count). The minimum absolute atomic E-state index is 0.0942. The topological polar surface area (TPSA) is 90.0 Å². The van der Waals surface area contributed by atoms with Crippen LogP contribution in [0.4, 0.5) is 0 Å². The van der Waals surface area contributed by atoms with Crippen LogP contribution in [0.1, 0.15) is 11.1 Å². The van der Waals surface area contributed by atoms with Crippen LogP contribution < -0.4 is 11.2 Å². The predicted molar refractivity (Wildman–Crippen MR) is 106 cm³/mol. The van der Waals surface area contributed by atoms with Crippen LogP contribution in [0.5, 0.6) is 5.75 Å². The average molecular weight is 395 g/mol. The zero-order valence-electron chi connectivity index (χ0n) is 14.6. The summed E-state index contributed by atoms with van der Waals surface area (Å²) in [5.74, 6) is 0.133. The summed E-state index contributed by atoms with van der Waals surface area (Å²) >= 11 is 5.91. The van der Waals surface area contributed by atoms with Gasteiger partial charge >= 0.3 is 5.69 Å². The first-order valence-corrected chi connectivity index (χ1v) is 8.87. The van der Waals surface area contributed by atoms with E-state index in [1.165, 1.54) is 29.1 Å². The van der Waals surface area contributed by atoms with Gasteiger partial charge in [0.2, 0.25) is 0 Å². The van der Waals surface area contributed by atoms with E-state index in [2.05, 4.69) is 9.97 Å². The molecule has 0 spiro atoms. The van der Waals surface area contributed by atoms with Gasteiger partial charge in [-0.2, -0.15) is 0 Å². The van der Waals surface area contributed by atoms with Crippen LogP contribution in [0.25, 0.3) is 11.2 Å². The lowest BCUT2D eigenvalue weighted by Crippen LogP contribution is -2.41. The van der Waals surface area contributed by atoms with Gasteiger partial charge in [0.05, 0.1) is 13.1 Å². The maximum atomic E-state index is 13.1. The molecule has 0 radical (unpaired) electrons. The number of fused-ring (bicyclic) bond motifs is 1. The number of halogens is 1. The van der Waals surface area contributed by atoms with Crippen LogP contribution in [0, 0.1) is 0 Å². The van der Waals surface area contributed by atoms with Crippen molar-refractivity contribution >= 4 is 22.8 Å². The molecule has 0 bridgehead atoms. The van der Waals surface area contributed by atoms with Gasteiger partial charge in [-0.05, 0) is 35.4 Å². The quantitative estimate of drug-likeness (QED) is 0.574. The molecule has 0 amide bonds. The number of rotatable bonds is 4. The van der Waals surface area contributed by atoms with Crippen LogP contribution in [0.2, 0.25) is 5.02 Å². The zero-order valence-corrected chi connectivity index (χ0v) is 15.4. The number of aromatic nitrogens is 4. The minimum atomic E-state index is -0.495. The van der Waals surface area contributed by atoms with Crippen LogP contribution in [0.3, 0.4) is 0 Å². The highest BCUT2D eigenvalue weighted by Crippen LogP contribution is 2.13. The van der Waals surface area contributed by atoms with Gasteiger partial charge in [0, 0.05) is 17.4 Å². The van der Waals surface area contributed by atoms with Crippen molar-refractivity contribution in [1.29, 1.82) is 0 Å². The summed E-state index contributed by atoms with van der Waals surface area (Å²) in [6.45, 7) is 0.284. The molecule has 2 aromatic carbocycles. The lowest BCUT2D eigenvalue weighted by atomic mass is 10.2. The Hall–Kier alpha value is -3.45. The van der Waals surface area contributed by atoms with E-state index in [-0.39, 0.29) is 30.0 Å². The van der Waals surface area contributed by atoms with E-state index >= 15 is 0 Å². The summed E-state index contributed by atoms with van der Waals surface area (Å²) in [7, 11) is 0. The first-order valence-electron chi connectivity index (χ1n) is 8.49. The second-order valence-corrected chi connectivity index (χ2v) is 6.72. The summed E-state index contributed by atoms with van der Waals surface area (Å²) < 4.78 is 2.55. The molecule has 0 aliphatic rings. The van der Waals surface area contributed by atoms with Crippen molar-refractivity contribution in [2.75, 3.05) is 0 Å². The fraction of sp³-hybridized carbons (Fsp3) is 0.100. The van der Waals surface area contributed by atoms with Crippen LogP contribution in [-0.4, -0.2) is 24.2 Å². The van der Waals surface area contributed by atoms with Gasteiger partial charge in [-0.15, -0.1) is 0 Å². The Bertz CT molecular complexity index is 1260. The second kappa shape index (κ2) is 7.28. The molecule has 0 saturated carbocycles. The molecule has 0 saturated heterocycles. The number of hydrogen-bond donors (Lipinski definition) is 1. The van der Waals surface area contributed by atoms with Crippen molar-refractivity contribution in [3.8, 4) is 5.75 Å². The highest BCUT2D eigenvalue weighted by molar-refractivity contribution is 6.30. The van der Waals surface area contributed by atoms with Gasteiger partial charge in [-0.1, -0.05) is 35.9 Å². The Labute approximate surface area is 164 Å². The predicted octanol–water partition coefficient (Wildman–Crippen LogP) is 2.41. The molecule has 4 aromatic rings. The van der Waals surface area contributed by atoms with E-state index in [0.29, 0.717) is 5.02 Å². The van der Waals surface area contributed by atoms with Crippen molar-refractivity contribution in [2.45, 2.75) is 13.1 Å². The van der Waals surface area contributed by atoms with E-state index in [1.807, 2.05) is 0 Å². The normalized spacial score (nSPS) is 11.0. The summed E-state index contributed by atoms with van der Waals surface area (Å²) in [6.07, 6.45) is 2.86. The van der Waals surface area contributed by atoms with Gasteiger partial charge in [0.25, 0.3) is 5.56 Å². The summed E-state index contributed by atoms with van der Waals surface area (Å²) in [6, 6.07) is 13.4. The third-order valence-corrected chi connectivity index (χ3v) is 4.63. The minimum Gasteiger partial charge on any atom is -0.508 e. The molecule has 1 N–H and O–H groups in total. The highest BCUT2D eigenvalue weighted by Gasteiger charge is 2.15. The largest absolute Gasteiger partial charge is 0.508 e. The van der Waals surface area contributed by atoms with Crippen molar-refractivity contribution in [2.24, 2.45) is 0 Å². The van der Waals surface area contributed by atoms with E-state index < -0.39 is 11.2 Å². The van der Waals surface area contributed by atoms with Gasteiger partial charge < -0.3 is 5.11 Å². The number of phenolic OH excluding ortho intramolecular Hbond substituents is 1. The Morgan fingerprint density at radius 2 is 1.39 bits per heavy atom. The molecule has 8 heteroatoms. The molecular weight excluding hydrogens is 380 g/mol. The molecular formula is C20H15ClN4O3. The third kappa shape index (κ3) is 3.39. The van der Waals surface area contributed by atoms with Crippen molar-refractivity contribution < 1.29 is 5.11 Å². The molecule has 0 atom stereocenters.